The maximum Gasteiger partial charge on any atom is 0.171 e. The number of hydrogen-bond acceptors (Lipinski definition) is 2. The van der Waals surface area contributed by atoms with Gasteiger partial charge in [-0.2, -0.15) is 0 Å². The lowest BCUT2D eigenvalue weighted by atomic mass is 10.1. The highest BCUT2D eigenvalue weighted by Crippen LogP contribution is 2.22. The zero-order chi connectivity index (χ0) is 15.4. The first-order valence-electron chi connectivity index (χ1n) is 7.62. The fraction of sp³-hybridized carbons (Fsp3) is 0.278. The summed E-state index contributed by atoms with van der Waals surface area (Å²) in [7, 11) is 0. The molecule has 0 heterocycles. The Morgan fingerprint density at radius 1 is 1.09 bits per heavy atom. The summed E-state index contributed by atoms with van der Waals surface area (Å²) in [6, 6.07) is 16.8. The van der Waals surface area contributed by atoms with Gasteiger partial charge in [0.2, 0.25) is 0 Å². The summed E-state index contributed by atoms with van der Waals surface area (Å²) >= 11 is 5.41. The molecule has 2 aromatic rings. The second kappa shape index (κ2) is 6.79. The molecule has 3 rings (SSSR count). The lowest BCUT2D eigenvalue weighted by Gasteiger charge is -2.16. The highest BCUT2D eigenvalue weighted by Gasteiger charge is 2.21. The molecule has 0 radical (unpaired) electrons. The van der Waals surface area contributed by atoms with Crippen LogP contribution in [0.15, 0.2) is 48.5 Å². The molecule has 1 aliphatic carbocycles. The summed E-state index contributed by atoms with van der Waals surface area (Å²) in [6.45, 7) is 2.65. The Kier molecular flexibility index (Phi) is 4.59. The van der Waals surface area contributed by atoms with E-state index in [9.17, 15) is 0 Å². The molecule has 3 nitrogen and oxygen atoms in total. The van der Waals surface area contributed by atoms with Crippen molar-refractivity contribution < 1.29 is 4.74 Å². The molecule has 0 unspecified atom stereocenters. The van der Waals surface area contributed by atoms with E-state index in [-0.39, 0.29) is 0 Å². The molecular formula is C18H20N2OS. The van der Waals surface area contributed by atoms with Crippen molar-refractivity contribution in [2.45, 2.75) is 25.8 Å². The summed E-state index contributed by atoms with van der Waals surface area (Å²) in [4.78, 5) is 0. The molecule has 0 aromatic heterocycles. The molecule has 2 aromatic carbocycles. The maximum atomic E-state index is 5.43. The quantitative estimate of drug-likeness (QED) is 0.846. The van der Waals surface area contributed by atoms with E-state index in [4.69, 9.17) is 17.0 Å². The third kappa shape index (κ3) is 3.57. The van der Waals surface area contributed by atoms with Crippen LogP contribution in [-0.4, -0.2) is 17.8 Å². The van der Waals surface area contributed by atoms with Crippen LogP contribution >= 0.6 is 12.2 Å². The number of benzene rings is 2. The number of fused-ring (bicyclic) bond motifs is 1. The normalized spacial score (nSPS) is 13.5. The van der Waals surface area contributed by atoms with Gasteiger partial charge >= 0.3 is 0 Å². The van der Waals surface area contributed by atoms with Gasteiger partial charge in [0, 0.05) is 11.7 Å². The van der Waals surface area contributed by atoms with Crippen molar-refractivity contribution in [1.29, 1.82) is 0 Å². The SMILES string of the molecule is CCOc1ccc(NC(=S)NC2Cc3ccccc3C2)cc1. The Hall–Kier alpha value is -2.07. The van der Waals surface area contributed by atoms with Gasteiger partial charge in [-0.3, -0.25) is 0 Å². The summed E-state index contributed by atoms with van der Waals surface area (Å²) in [5, 5.41) is 7.30. The van der Waals surface area contributed by atoms with Crippen LogP contribution < -0.4 is 15.4 Å². The molecule has 0 bridgehead atoms. The van der Waals surface area contributed by atoms with Gasteiger partial charge in [0.25, 0.3) is 0 Å². The zero-order valence-corrected chi connectivity index (χ0v) is 13.5. The van der Waals surface area contributed by atoms with Crippen molar-refractivity contribution in [3.8, 4) is 5.75 Å². The van der Waals surface area contributed by atoms with Crippen molar-refractivity contribution in [3.63, 3.8) is 0 Å². The number of nitrogens with one attached hydrogen (secondary N) is 2. The van der Waals surface area contributed by atoms with E-state index in [2.05, 4.69) is 34.9 Å². The van der Waals surface area contributed by atoms with Crippen LogP contribution in [0.5, 0.6) is 5.75 Å². The molecular weight excluding hydrogens is 292 g/mol. The van der Waals surface area contributed by atoms with Crippen LogP contribution in [0.1, 0.15) is 18.1 Å². The molecule has 2 N–H and O–H groups in total. The summed E-state index contributed by atoms with van der Waals surface area (Å²) in [5.41, 5.74) is 3.81. The lowest BCUT2D eigenvalue weighted by molar-refractivity contribution is 0.340. The van der Waals surface area contributed by atoms with E-state index < -0.39 is 0 Å². The minimum atomic E-state index is 0.375. The molecule has 22 heavy (non-hydrogen) atoms. The molecule has 0 spiro atoms. The highest BCUT2D eigenvalue weighted by molar-refractivity contribution is 7.80. The average Bonchev–Trinajstić information content (AvgIpc) is 2.91. The summed E-state index contributed by atoms with van der Waals surface area (Å²) in [5.74, 6) is 0.873. The van der Waals surface area contributed by atoms with E-state index in [1.807, 2.05) is 31.2 Å². The highest BCUT2D eigenvalue weighted by atomic mass is 32.1. The van der Waals surface area contributed by atoms with Gasteiger partial charge in [-0.05, 0) is 67.4 Å². The van der Waals surface area contributed by atoms with Crippen molar-refractivity contribution in [3.05, 3.63) is 59.7 Å². The molecule has 0 aliphatic heterocycles. The summed E-state index contributed by atoms with van der Waals surface area (Å²) < 4.78 is 5.43. The van der Waals surface area contributed by atoms with Crippen LogP contribution in [-0.2, 0) is 12.8 Å². The Bertz CT molecular complexity index is 629. The number of anilines is 1. The van der Waals surface area contributed by atoms with E-state index in [1.54, 1.807) is 0 Å². The van der Waals surface area contributed by atoms with Gasteiger partial charge in [-0.1, -0.05) is 24.3 Å². The molecule has 0 amide bonds. The molecule has 0 saturated carbocycles. The van der Waals surface area contributed by atoms with Gasteiger partial charge in [0.05, 0.1) is 6.61 Å². The Morgan fingerprint density at radius 2 is 1.73 bits per heavy atom. The van der Waals surface area contributed by atoms with E-state index >= 15 is 0 Å². The maximum absolute atomic E-state index is 5.43. The lowest BCUT2D eigenvalue weighted by Crippen LogP contribution is -2.38. The molecule has 0 fully saturated rings. The average molecular weight is 312 g/mol. The van der Waals surface area contributed by atoms with Gasteiger partial charge < -0.3 is 15.4 Å². The minimum absolute atomic E-state index is 0.375. The van der Waals surface area contributed by atoms with Gasteiger partial charge in [0.1, 0.15) is 5.75 Å². The van der Waals surface area contributed by atoms with E-state index in [0.717, 1.165) is 24.3 Å². The van der Waals surface area contributed by atoms with Gasteiger partial charge in [0.15, 0.2) is 5.11 Å². The molecule has 4 heteroatoms. The zero-order valence-electron chi connectivity index (χ0n) is 12.6. The predicted molar refractivity (Wildman–Crippen MR) is 94.6 cm³/mol. The largest absolute Gasteiger partial charge is 0.494 e. The molecule has 0 saturated heterocycles. The van der Waals surface area contributed by atoms with Crippen LogP contribution in [0.4, 0.5) is 5.69 Å². The second-order valence-corrected chi connectivity index (χ2v) is 5.84. The Balaban J connectivity index is 1.53. The van der Waals surface area contributed by atoms with Crippen molar-refractivity contribution >= 4 is 23.0 Å². The first-order chi connectivity index (χ1) is 10.7. The van der Waals surface area contributed by atoms with Gasteiger partial charge in [-0.15, -0.1) is 0 Å². The van der Waals surface area contributed by atoms with Crippen molar-refractivity contribution in [2.75, 3.05) is 11.9 Å². The van der Waals surface area contributed by atoms with E-state index in [1.165, 1.54) is 11.1 Å². The number of hydrogen-bond donors (Lipinski definition) is 2. The molecule has 114 valence electrons. The second-order valence-electron chi connectivity index (χ2n) is 5.43. The first kappa shape index (κ1) is 14.9. The van der Waals surface area contributed by atoms with Gasteiger partial charge in [-0.25, -0.2) is 0 Å². The predicted octanol–water partition coefficient (Wildman–Crippen LogP) is 3.54. The fourth-order valence-electron chi connectivity index (χ4n) is 2.81. The summed E-state index contributed by atoms with van der Waals surface area (Å²) in [6.07, 6.45) is 2.06. The molecule has 0 atom stereocenters. The number of ether oxygens (including phenoxy) is 1. The fourth-order valence-corrected chi connectivity index (χ4v) is 3.10. The smallest absolute Gasteiger partial charge is 0.171 e. The third-order valence-electron chi connectivity index (χ3n) is 3.81. The van der Waals surface area contributed by atoms with E-state index in [0.29, 0.717) is 17.8 Å². The standard InChI is InChI=1S/C18H20N2OS/c1-2-21-17-9-7-15(8-10-17)19-18(22)20-16-11-13-5-3-4-6-14(13)12-16/h3-10,16H,2,11-12H2,1H3,(H2,19,20,22). The van der Waals surface area contributed by atoms with Crippen LogP contribution in [0, 0.1) is 0 Å². The van der Waals surface area contributed by atoms with Crippen LogP contribution in [0.25, 0.3) is 0 Å². The Morgan fingerprint density at radius 3 is 2.32 bits per heavy atom. The number of thiocarbonyl (C=S) groups is 1. The Labute approximate surface area is 136 Å². The topological polar surface area (TPSA) is 33.3 Å². The molecule has 1 aliphatic rings. The minimum Gasteiger partial charge on any atom is -0.494 e. The monoisotopic (exact) mass is 312 g/mol. The van der Waals surface area contributed by atoms with Crippen molar-refractivity contribution in [1.82, 2.24) is 5.32 Å². The third-order valence-corrected chi connectivity index (χ3v) is 4.03. The number of rotatable bonds is 4. The van der Waals surface area contributed by atoms with Crippen LogP contribution in [0.3, 0.4) is 0 Å². The van der Waals surface area contributed by atoms with Crippen LogP contribution in [0.2, 0.25) is 0 Å². The van der Waals surface area contributed by atoms with Crippen molar-refractivity contribution in [2.24, 2.45) is 0 Å². The first-order valence-corrected chi connectivity index (χ1v) is 8.02.